The summed E-state index contributed by atoms with van der Waals surface area (Å²) in [6.07, 6.45) is 3.66. The minimum atomic E-state index is 0.0270. The summed E-state index contributed by atoms with van der Waals surface area (Å²) in [5.74, 6) is 0.101. The second-order valence-electron chi connectivity index (χ2n) is 6.75. The number of amides is 2. The molecule has 1 aromatic carbocycles. The summed E-state index contributed by atoms with van der Waals surface area (Å²) in [6.45, 7) is 6.24. The highest BCUT2D eigenvalue weighted by molar-refractivity contribution is 5.95. The van der Waals surface area contributed by atoms with Crippen LogP contribution < -0.4 is 0 Å². The Morgan fingerprint density at radius 1 is 1.12 bits per heavy atom. The molecule has 1 aromatic heterocycles. The van der Waals surface area contributed by atoms with Crippen LogP contribution >= 0.6 is 0 Å². The summed E-state index contributed by atoms with van der Waals surface area (Å²) in [6, 6.07) is 7.76. The van der Waals surface area contributed by atoms with Crippen LogP contribution in [0.5, 0.6) is 0 Å². The molecule has 1 fully saturated rings. The smallest absolute Gasteiger partial charge is 0.253 e. The first-order valence-corrected chi connectivity index (χ1v) is 9.17. The van der Waals surface area contributed by atoms with E-state index in [0.717, 1.165) is 29.7 Å². The maximum Gasteiger partial charge on any atom is 0.253 e. The second-order valence-corrected chi connectivity index (χ2v) is 6.75. The fourth-order valence-corrected chi connectivity index (χ4v) is 3.47. The van der Waals surface area contributed by atoms with Gasteiger partial charge in [-0.3, -0.25) is 14.3 Å². The van der Waals surface area contributed by atoms with Crippen LogP contribution in [0.1, 0.15) is 36.3 Å². The summed E-state index contributed by atoms with van der Waals surface area (Å²) < 4.78 is 1.81. The molecule has 0 unspecified atom stereocenters. The second kappa shape index (κ2) is 7.72. The third-order valence-corrected chi connectivity index (χ3v) is 4.89. The van der Waals surface area contributed by atoms with Crippen molar-refractivity contribution in [1.82, 2.24) is 19.6 Å². The van der Waals surface area contributed by atoms with Crippen LogP contribution in [-0.4, -0.2) is 57.6 Å². The first kappa shape index (κ1) is 18.2. The molecule has 138 valence electrons. The van der Waals surface area contributed by atoms with Crippen molar-refractivity contribution in [3.05, 3.63) is 41.7 Å². The zero-order valence-corrected chi connectivity index (χ0v) is 15.7. The van der Waals surface area contributed by atoms with Gasteiger partial charge in [0.15, 0.2) is 0 Å². The van der Waals surface area contributed by atoms with E-state index >= 15 is 0 Å². The van der Waals surface area contributed by atoms with Crippen LogP contribution in [0.2, 0.25) is 0 Å². The lowest BCUT2D eigenvalue weighted by molar-refractivity contribution is -0.128. The lowest BCUT2D eigenvalue weighted by Crippen LogP contribution is -2.36. The van der Waals surface area contributed by atoms with Crippen LogP contribution in [0.15, 0.2) is 30.5 Å². The SMILES string of the molecule is CCc1nn(C)cc1-c1cccc(C(=O)N2CCCN(C(C)=O)CC2)c1. The molecule has 0 bridgehead atoms. The third kappa shape index (κ3) is 3.79. The van der Waals surface area contributed by atoms with E-state index < -0.39 is 0 Å². The number of nitrogens with zero attached hydrogens (tertiary/aromatic N) is 4. The molecule has 0 radical (unpaired) electrons. The fraction of sp³-hybridized carbons (Fsp3) is 0.450. The number of carbonyl (C=O) groups is 2. The normalized spacial score (nSPS) is 15.0. The minimum absolute atomic E-state index is 0.0270. The van der Waals surface area contributed by atoms with Gasteiger partial charge in [-0.25, -0.2) is 0 Å². The molecule has 0 saturated carbocycles. The van der Waals surface area contributed by atoms with Gasteiger partial charge in [-0.1, -0.05) is 19.1 Å². The number of carbonyl (C=O) groups excluding carboxylic acids is 2. The Labute approximate surface area is 154 Å². The average Bonchev–Trinajstić information content (AvgIpc) is 2.86. The van der Waals surface area contributed by atoms with E-state index in [1.165, 1.54) is 0 Å². The summed E-state index contributed by atoms with van der Waals surface area (Å²) >= 11 is 0. The van der Waals surface area contributed by atoms with Crippen molar-refractivity contribution in [3.8, 4) is 11.1 Å². The van der Waals surface area contributed by atoms with Crippen molar-refractivity contribution < 1.29 is 9.59 Å². The van der Waals surface area contributed by atoms with E-state index in [1.54, 1.807) is 6.92 Å². The van der Waals surface area contributed by atoms with E-state index in [0.29, 0.717) is 31.7 Å². The molecule has 0 aliphatic carbocycles. The molecule has 1 saturated heterocycles. The van der Waals surface area contributed by atoms with Gasteiger partial charge in [0.25, 0.3) is 5.91 Å². The Kier molecular flexibility index (Phi) is 5.40. The lowest BCUT2D eigenvalue weighted by atomic mass is 10.0. The summed E-state index contributed by atoms with van der Waals surface area (Å²) in [7, 11) is 1.91. The van der Waals surface area contributed by atoms with Crippen LogP contribution in [-0.2, 0) is 18.3 Å². The number of aromatic nitrogens is 2. The van der Waals surface area contributed by atoms with Gasteiger partial charge in [-0.2, -0.15) is 5.10 Å². The molecule has 2 aromatic rings. The standard InChI is InChI=1S/C20H26N4O2/c1-4-19-18(14-22(3)21-19)16-7-5-8-17(13-16)20(26)24-10-6-9-23(11-12-24)15(2)25/h5,7-8,13-14H,4,6,9-12H2,1-3H3. The van der Waals surface area contributed by atoms with Crippen molar-refractivity contribution in [2.45, 2.75) is 26.7 Å². The van der Waals surface area contributed by atoms with E-state index in [-0.39, 0.29) is 11.8 Å². The van der Waals surface area contributed by atoms with Crippen molar-refractivity contribution in [2.75, 3.05) is 26.2 Å². The lowest BCUT2D eigenvalue weighted by Gasteiger charge is -2.21. The molecule has 0 atom stereocenters. The van der Waals surface area contributed by atoms with Gasteiger partial charge in [-0.15, -0.1) is 0 Å². The topological polar surface area (TPSA) is 58.4 Å². The van der Waals surface area contributed by atoms with E-state index in [2.05, 4.69) is 12.0 Å². The highest BCUT2D eigenvalue weighted by Gasteiger charge is 2.22. The van der Waals surface area contributed by atoms with Gasteiger partial charge in [-0.05, 0) is 30.5 Å². The molecule has 26 heavy (non-hydrogen) atoms. The van der Waals surface area contributed by atoms with Gasteiger partial charge < -0.3 is 9.80 Å². The number of benzene rings is 1. The van der Waals surface area contributed by atoms with Crippen molar-refractivity contribution in [1.29, 1.82) is 0 Å². The number of rotatable bonds is 3. The predicted octanol–water partition coefficient (Wildman–Crippen LogP) is 2.34. The maximum absolute atomic E-state index is 13.0. The summed E-state index contributed by atoms with van der Waals surface area (Å²) in [5, 5.41) is 4.49. The molecule has 2 heterocycles. The third-order valence-electron chi connectivity index (χ3n) is 4.89. The average molecular weight is 354 g/mol. The van der Waals surface area contributed by atoms with Crippen LogP contribution in [0.25, 0.3) is 11.1 Å². The number of hydrogen-bond acceptors (Lipinski definition) is 3. The van der Waals surface area contributed by atoms with Gasteiger partial charge in [0.05, 0.1) is 5.69 Å². The Bertz CT molecular complexity index is 812. The molecular formula is C20H26N4O2. The zero-order valence-electron chi connectivity index (χ0n) is 15.7. The summed E-state index contributed by atoms with van der Waals surface area (Å²) in [5.41, 5.74) is 3.80. The van der Waals surface area contributed by atoms with E-state index in [1.807, 2.05) is 52.0 Å². The van der Waals surface area contributed by atoms with E-state index in [4.69, 9.17) is 0 Å². The highest BCUT2D eigenvalue weighted by Crippen LogP contribution is 2.25. The van der Waals surface area contributed by atoms with E-state index in [9.17, 15) is 9.59 Å². The van der Waals surface area contributed by atoms with Crippen molar-refractivity contribution in [2.24, 2.45) is 7.05 Å². The molecule has 3 rings (SSSR count). The highest BCUT2D eigenvalue weighted by atomic mass is 16.2. The van der Waals surface area contributed by atoms with Crippen molar-refractivity contribution >= 4 is 11.8 Å². The quantitative estimate of drug-likeness (QED) is 0.850. The molecule has 1 aliphatic rings. The Morgan fingerprint density at radius 3 is 2.58 bits per heavy atom. The predicted molar refractivity (Wildman–Crippen MR) is 101 cm³/mol. The van der Waals surface area contributed by atoms with Crippen LogP contribution in [0.3, 0.4) is 0 Å². The number of aryl methyl sites for hydroxylation is 2. The molecule has 1 aliphatic heterocycles. The molecule has 6 heteroatoms. The van der Waals surface area contributed by atoms with Gasteiger partial charge >= 0.3 is 0 Å². The first-order valence-electron chi connectivity index (χ1n) is 9.17. The minimum Gasteiger partial charge on any atom is -0.341 e. The fourth-order valence-electron chi connectivity index (χ4n) is 3.47. The molecule has 0 N–H and O–H groups in total. The Morgan fingerprint density at radius 2 is 1.85 bits per heavy atom. The molecule has 0 spiro atoms. The Hall–Kier alpha value is -2.63. The maximum atomic E-state index is 13.0. The van der Waals surface area contributed by atoms with Crippen LogP contribution in [0.4, 0.5) is 0 Å². The van der Waals surface area contributed by atoms with Gasteiger partial charge in [0.1, 0.15) is 0 Å². The van der Waals surface area contributed by atoms with Gasteiger partial charge in [0.2, 0.25) is 5.91 Å². The zero-order chi connectivity index (χ0) is 18.7. The summed E-state index contributed by atoms with van der Waals surface area (Å²) in [4.78, 5) is 28.2. The monoisotopic (exact) mass is 354 g/mol. The molecular weight excluding hydrogens is 328 g/mol. The largest absolute Gasteiger partial charge is 0.341 e. The number of hydrogen-bond donors (Lipinski definition) is 0. The molecule has 6 nitrogen and oxygen atoms in total. The molecule has 2 amide bonds. The van der Waals surface area contributed by atoms with Crippen molar-refractivity contribution in [3.63, 3.8) is 0 Å². The van der Waals surface area contributed by atoms with Gasteiger partial charge in [0, 0.05) is 57.5 Å². The Balaban J connectivity index is 1.81. The van der Waals surface area contributed by atoms with Crippen LogP contribution in [0, 0.1) is 0 Å². The first-order chi connectivity index (χ1) is 12.5.